The van der Waals surface area contributed by atoms with E-state index >= 15 is 0 Å². The first-order chi connectivity index (χ1) is 19.6. The van der Waals surface area contributed by atoms with E-state index in [0.29, 0.717) is 24.6 Å². The Hall–Kier alpha value is -2.35. The summed E-state index contributed by atoms with van der Waals surface area (Å²) in [4.78, 5) is 34.2. The monoisotopic (exact) mass is 600 g/mol. The van der Waals surface area contributed by atoms with Crippen LogP contribution in [0.4, 0.5) is 17.1 Å². The Morgan fingerprint density at radius 1 is 0.634 bits per heavy atom. The second kappa shape index (κ2) is 19.0. The van der Waals surface area contributed by atoms with Gasteiger partial charge in [0.25, 0.3) is 0 Å². The third-order valence-electron chi connectivity index (χ3n) is 8.94. The van der Waals surface area contributed by atoms with Gasteiger partial charge in [-0.25, -0.2) is 0 Å². The number of phenols is 1. The number of unbranched alkanes of at least 4 members (excludes halogenated alkanes) is 15. The molecule has 1 rings (SSSR count). The van der Waals surface area contributed by atoms with Crippen molar-refractivity contribution in [2.45, 2.75) is 130 Å². The van der Waals surface area contributed by atoms with Crippen molar-refractivity contribution in [2.24, 2.45) is 0 Å². The average molecular weight is 601 g/mol. The van der Waals surface area contributed by atoms with Crippen molar-refractivity contribution < 1.29 is 24.5 Å². The second-order valence-electron chi connectivity index (χ2n) is 11.5. The number of rotatable bonds is 25. The van der Waals surface area contributed by atoms with E-state index in [1.165, 1.54) is 83.5 Å². The molecule has 0 fully saturated rings. The molecule has 0 aliphatic carbocycles. The van der Waals surface area contributed by atoms with Crippen molar-refractivity contribution in [3.05, 3.63) is 37.3 Å². The van der Waals surface area contributed by atoms with Crippen LogP contribution in [0, 0.1) is 25.1 Å². The maximum atomic E-state index is 13.2. The van der Waals surface area contributed by atoms with E-state index in [0.717, 1.165) is 31.5 Å². The van der Waals surface area contributed by atoms with Crippen molar-refractivity contribution >= 4 is 23.9 Å². The molecule has 0 amide bonds. The molecule has 1 aromatic carbocycles. The van der Waals surface area contributed by atoms with Crippen LogP contribution < -0.4 is 0 Å². The summed E-state index contributed by atoms with van der Waals surface area (Å²) in [5, 5.41) is 33.0. The fourth-order valence-electron chi connectivity index (χ4n) is 5.65. The summed E-state index contributed by atoms with van der Waals surface area (Å²) < 4.78 is 6.14. The first-order valence-corrected chi connectivity index (χ1v) is 18.8. The Kier molecular flexibility index (Phi) is 17.0. The SMILES string of the molecule is CCCCCCCCCCCCCCCCCCP(CC)(CC)(CC)O[N+](=O)c1cc([N+](=O)[O-])cc([N+](=O)[O-])c1O. The summed E-state index contributed by atoms with van der Waals surface area (Å²) in [6.07, 6.45) is 23.0. The molecule has 0 heterocycles. The fraction of sp³-hybridized carbons (Fsp3) is 0.800. The van der Waals surface area contributed by atoms with Gasteiger partial charge in [0.05, 0.1) is 0 Å². The number of nitro groups is 2. The van der Waals surface area contributed by atoms with E-state index in [1.54, 1.807) is 0 Å². The predicted octanol–water partition coefficient (Wildman–Crippen LogP) is 10.3. The number of benzene rings is 1. The summed E-state index contributed by atoms with van der Waals surface area (Å²) in [5.41, 5.74) is -2.17. The van der Waals surface area contributed by atoms with Crippen molar-refractivity contribution in [1.29, 1.82) is 0 Å². The molecule has 0 saturated heterocycles. The van der Waals surface area contributed by atoms with Crippen LogP contribution >= 0.6 is 6.83 Å². The van der Waals surface area contributed by atoms with Gasteiger partial charge in [-0.3, -0.25) is 0 Å². The van der Waals surface area contributed by atoms with Crippen LogP contribution in [0.25, 0.3) is 0 Å². The number of hydrogen-bond donors (Lipinski definition) is 1. The number of nitrogens with zero attached hydrogens (tertiary/aromatic N) is 3. The minimum absolute atomic E-state index is 0.0934. The molecule has 0 unspecified atom stereocenters. The standard InChI is InChI=1S/C30H54N3O7P/c1-5-9-10-11-12-13-14-15-16-17-18-19-20-21-22-23-24-41(6-2,7-3,8-4)40-33(39)29-26-27(31(35)36)25-28(30(29)34)32(37)38/h25-26H,5-24H2,1-4H3/p+1. The zero-order chi connectivity index (χ0) is 30.8. The van der Waals surface area contributed by atoms with Gasteiger partial charge in [0.15, 0.2) is 0 Å². The Balaban J connectivity index is 2.56. The Morgan fingerprint density at radius 3 is 1.39 bits per heavy atom. The number of nitro benzene ring substituents is 2. The van der Waals surface area contributed by atoms with Gasteiger partial charge in [-0.1, -0.05) is 39.0 Å². The van der Waals surface area contributed by atoms with Crippen molar-refractivity contribution in [3.8, 4) is 5.75 Å². The van der Waals surface area contributed by atoms with Gasteiger partial charge in [-0.15, -0.1) is 0 Å². The Morgan fingerprint density at radius 2 is 1.02 bits per heavy atom. The van der Waals surface area contributed by atoms with E-state index in [2.05, 4.69) is 6.92 Å². The topological polar surface area (TPSA) is 136 Å². The number of non-ortho nitro benzene ring substituents is 1. The summed E-state index contributed by atoms with van der Waals surface area (Å²) in [6.45, 7) is 5.15. The summed E-state index contributed by atoms with van der Waals surface area (Å²) in [7, 11) is 0. The first-order valence-electron chi connectivity index (χ1n) is 15.9. The molecule has 236 valence electrons. The predicted molar refractivity (Wildman–Crippen MR) is 169 cm³/mol. The van der Waals surface area contributed by atoms with E-state index in [4.69, 9.17) is 4.62 Å². The van der Waals surface area contributed by atoms with Crippen LogP contribution in [0.15, 0.2) is 12.1 Å². The Labute approximate surface area is 246 Å². The average Bonchev–Trinajstić information content (AvgIpc) is 2.96. The molecule has 1 aromatic rings. The van der Waals surface area contributed by atoms with Crippen LogP contribution in [0.2, 0.25) is 0 Å². The van der Waals surface area contributed by atoms with Gasteiger partial charge in [-0.2, -0.15) is 0 Å². The van der Waals surface area contributed by atoms with Crippen LogP contribution in [-0.2, 0) is 4.62 Å². The number of phenolic OH excluding ortho intramolecular Hbond substituents is 1. The van der Waals surface area contributed by atoms with E-state index in [9.17, 15) is 30.2 Å². The molecule has 11 heteroatoms. The van der Waals surface area contributed by atoms with Crippen molar-refractivity contribution in [2.75, 3.05) is 24.6 Å². The molecule has 41 heavy (non-hydrogen) atoms. The maximum absolute atomic E-state index is 13.2. The quantitative estimate of drug-likeness (QED) is 0.0510. The molecule has 0 atom stereocenters. The van der Waals surface area contributed by atoms with Gasteiger partial charge < -0.3 is 0 Å². The van der Waals surface area contributed by atoms with E-state index in [-0.39, 0.29) is 4.92 Å². The van der Waals surface area contributed by atoms with Gasteiger partial charge in [0.2, 0.25) is 0 Å². The molecular formula is C30H55N3O7P+. The van der Waals surface area contributed by atoms with Crippen molar-refractivity contribution in [1.82, 2.24) is 0 Å². The molecule has 0 aliphatic heterocycles. The third kappa shape index (κ3) is 11.8. The van der Waals surface area contributed by atoms with Crippen LogP contribution in [0.3, 0.4) is 0 Å². The molecule has 0 aromatic heterocycles. The fourth-order valence-corrected chi connectivity index (χ4v) is 9.90. The van der Waals surface area contributed by atoms with Gasteiger partial charge in [0, 0.05) is 0 Å². The van der Waals surface area contributed by atoms with Crippen LogP contribution in [-0.4, -0.2) is 44.5 Å². The second-order valence-corrected chi connectivity index (χ2v) is 17.7. The van der Waals surface area contributed by atoms with Gasteiger partial charge in [0.1, 0.15) is 0 Å². The molecule has 1 N–H and O–H groups in total. The zero-order valence-corrected chi connectivity index (χ0v) is 26.9. The van der Waals surface area contributed by atoms with E-state index < -0.39 is 39.5 Å². The number of aromatic hydroxyl groups is 1. The Bertz CT molecular complexity index is 959. The zero-order valence-electron chi connectivity index (χ0n) is 26.0. The normalized spacial score (nSPS) is 12.5. The third-order valence-corrected chi connectivity index (χ3v) is 15.8. The summed E-state index contributed by atoms with van der Waals surface area (Å²) >= 11 is 0. The van der Waals surface area contributed by atoms with Gasteiger partial charge in [-0.05, 0) is 0 Å². The summed E-state index contributed by atoms with van der Waals surface area (Å²) in [6, 6.07) is 1.47. The number of hydrogen-bond acceptors (Lipinski definition) is 7. The molecule has 0 bridgehead atoms. The van der Waals surface area contributed by atoms with Crippen LogP contribution in [0.5, 0.6) is 5.75 Å². The van der Waals surface area contributed by atoms with Crippen LogP contribution in [0.1, 0.15) is 130 Å². The van der Waals surface area contributed by atoms with Gasteiger partial charge >= 0.3 is 207 Å². The molecule has 0 aliphatic rings. The molecule has 0 saturated carbocycles. The van der Waals surface area contributed by atoms with Crippen molar-refractivity contribution in [3.63, 3.8) is 0 Å². The molecule has 0 spiro atoms. The first kappa shape index (κ1) is 36.7. The molecule has 10 nitrogen and oxygen atoms in total. The summed E-state index contributed by atoms with van der Waals surface area (Å²) in [5.74, 6) is -0.932. The minimum atomic E-state index is -3.06. The molecular weight excluding hydrogens is 545 g/mol. The van der Waals surface area contributed by atoms with E-state index in [1.807, 2.05) is 20.8 Å². The molecule has 0 radical (unpaired) electrons.